The van der Waals surface area contributed by atoms with E-state index in [-0.39, 0.29) is 28.7 Å². The summed E-state index contributed by atoms with van der Waals surface area (Å²) in [7, 11) is 0. The Labute approximate surface area is 167 Å². The average Bonchev–Trinajstić information content (AvgIpc) is 2.69. The summed E-state index contributed by atoms with van der Waals surface area (Å²) in [5.74, 6) is 0.665. The summed E-state index contributed by atoms with van der Waals surface area (Å²) in [5, 5.41) is 27.8. The number of aromatic hydroxyl groups is 1. The molecular weight excluding hydrogens is 378 g/mol. The monoisotopic (exact) mass is 397 g/mol. The number of hydrogen-bond donors (Lipinski definition) is 4. The van der Waals surface area contributed by atoms with E-state index in [9.17, 15) is 10.2 Å². The van der Waals surface area contributed by atoms with Crippen LogP contribution in [0.15, 0.2) is 60.0 Å². The van der Waals surface area contributed by atoms with Crippen molar-refractivity contribution in [1.82, 2.24) is 15.0 Å². The summed E-state index contributed by atoms with van der Waals surface area (Å²) in [6, 6.07) is 11.1. The van der Waals surface area contributed by atoms with Gasteiger partial charge in [-0.1, -0.05) is 43.3 Å². The van der Waals surface area contributed by atoms with Gasteiger partial charge in [0.1, 0.15) is 5.75 Å². The molecular formula is C20H20ClN5O2. The van der Waals surface area contributed by atoms with Crippen molar-refractivity contribution in [2.75, 3.05) is 10.6 Å². The second kappa shape index (κ2) is 8.58. The highest BCUT2D eigenvalue weighted by Crippen LogP contribution is 2.34. The summed E-state index contributed by atoms with van der Waals surface area (Å²) in [6.07, 6.45) is 3.86. The minimum Gasteiger partial charge on any atom is -0.512 e. The third-order valence-electron chi connectivity index (χ3n) is 4.00. The van der Waals surface area contributed by atoms with E-state index in [0.717, 1.165) is 10.8 Å². The molecule has 0 aliphatic rings. The van der Waals surface area contributed by atoms with Crippen molar-refractivity contribution >= 4 is 40.0 Å². The second-order valence-corrected chi connectivity index (χ2v) is 6.25. The lowest BCUT2D eigenvalue weighted by Gasteiger charge is -2.12. The highest BCUT2D eigenvalue weighted by Gasteiger charge is 2.11. The van der Waals surface area contributed by atoms with Gasteiger partial charge in [-0.2, -0.15) is 15.0 Å². The van der Waals surface area contributed by atoms with Crippen LogP contribution in [0.3, 0.4) is 0 Å². The van der Waals surface area contributed by atoms with E-state index in [0.29, 0.717) is 17.8 Å². The SMILES string of the molecule is C/C=C(\C=C(\O)CC)Nc1nc(Cl)nc(Nc2c(O)ccc3ccccc23)n1. The summed E-state index contributed by atoms with van der Waals surface area (Å²) in [5.41, 5.74) is 1.08. The van der Waals surface area contributed by atoms with Crippen LogP contribution in [0.25, 0.3) is 10.8 Å². The summed E-state index contributed by atoms with van der Waals surface area (Å²) < 4.78 is 0. The Morgan fingerprint density at radius 1 is 1.11 bits per heavy atom. The van der Waals surface area contributed by atoms with E-state index in [2.05, 4.69) is 25.6 Å². The first-order valence-electron chi connectivity index (χ1n) is 8.72. The predicted molar refractivity (Wildman–Crippen MR) is 112 cm³/mol. The van der Waals surface area contributed by atoms with Crippen LogP contribution in [-0.4, -0.2) is 25.2 Å². The van der Waals surface area contributed by atoms with Crippen molar-refractivity contribution in [2.24, 2.45) is 0 Å². The van der Waals surface area contributed by atoms with Crippen LogP contribution in [-0.2, 0) is 0 Å². The van der Waals surface area contributed by atoms with Gasteiger partial charge in [-0.15, -0.1) is 0 Å². The number of anilines is 3. The van der Waals surface area contributed by atoms with Crippen LogP contribution >= 0.6 is 11.6 Å². The van der Waals surface area contributed by atoms with Crippen LogP contribution < -0.4 is 10.6 Å². The standard InChI is InChI=1S/C20H20ClN5O2/c1-3-13(11-14(27)4-2)22-19-24-18(21)25-20(26-19)23-17-15-8-6-5-7-12(15)9-10-16(17)28/h3,5-11,27-28H,4H2,1-2H3,(H2,22,23,24,25,26)/b13-3+,14-11+. The van der Waals surface area contributed by atoms with Gasteiger partial charge in [0.2, 0.25) is 17.2 Å². The molecule has 0 amide bonds. The molecule has 0 saturated heterocycles. The van der Waals surface area contributed by atoms with E-state index in [1.54, 1.807) is 18.2 Å². The minimum absolute atomic E-state index is 0.0149. The first kappa shape index (κ1) is 19.4. The maximum Gasteiger partial charge on any atom is 0.233 e. The predicted octanol–water partition coefficient (Wildman–Crippen LogP) is 5.30. The number of nitrogens with zero attached hydrogens (tertiary/aromatic N) is 3. The van der Waals surface area contributed by atoms with E-state index >= 15 is 0 Å². The van der Waals surface area contributed by atoms with E-state index in [1.807, 2.05) is 44.2 Å². The first-order chi connectivity index (χ1) is 13.5. The number of nitrogens with one attached hydrogen (secondary N) is 2. The highest BCUT2D eigenvalue weighted by atomic mass is 35.5. The Balaban J connectivity index is 1.94. The van der Waals surface area contributed by atoms with E-state index < -0.39 is 0 Å². The van der Waals surface area contributed by atoms with Gasteiger partial charge in [0.05, 0.1) is 11.4 Å². The number of phenolic OH excluding ortho intramolecular Hbond substituents is 1. The number of halogens is 1. The fourth-order valence-electron chi connectivity index (χ4n) is 2.57. The summed E-state index contributed by atoms with van der Waals surface area (Å²) >= 11 is 6.04. The van der Waals surface area contributed by atoms with Gasteiger partial charge in [-0.25, -0.2) is 0 Å². The number of rotatable bonds is 6. The van der Waals surface area contributed by atoms with E-state index in [4.69, 9.17) is 11.6 Å². The van der Waals surface area contributed by atoms with Crippen molar-refractivity contribution < 1.29 is 10.2 Å². The number of allylic oxidation sites excluding steroid dienone is 3. The van der Waals surface area contributed by atoms with E-state index in [1.165, 1.54) is 0 Å². The maximum atomic E-state index is 10.3. The van der Waals surface area contributed by atoms with Crippen molar-refractivity contribution in [3.63, 3.8) is 0 Å². The van der Waals surface area contributed by atoms with Crippen LogP contribution in [0.2, 0.25) is 5.28 Å². The molecule has 0 fully saturated rings. The third-order valence-corrected chi connectivity index (χ3v) is 4.17. The number of aromatic nitrogens is 3. The molecule has 0 aliphatic carbocycles. The van der Waals surface area contributed by atoms with Crippen LogP contribution in [0.4, 0.5) is 17.6 Å². The molecule has 0 radical (unpaired) electrons. The normalized spacial score (nSPS) is 12.2. The topological polar surface area (TPSA) is 103 Å². The van der Waals surface area contributed by atoms with Crippen molar-refractivity contribution in [3.05, 3.63) is 65.3 Å². The molecule has 8 heteroatoms. The lowest BCUT2D eigenvalue weighted by molar-refractivity contribution is 0.394. The Bertz CT molecular complexity index is 1070. The molecule has 0 saturated carbocycles. The zero-order valence-corrected chi connectivity index (χ0v) is 16.2. The molecule has 1 heterocycles. The zero-order valence-electron chi connectivity index (χ0n) is 15.4. The fourth-order valence-corrected chi connectivity index (χ4v) is 2.73. The van der Waals surface area contributed by atoms with Crippen molar-refractivity contribution in [1.29, 1.82) is 0 Å². The molecule has 0 unspecified atom stereocenters. The van der Waals surface area contributed by atoms with Crippen LogP contribution in [0.5, 0.6) is 5.75 Å². The van der Waals surface area contributed by atoms with Gasteiger partial charge in [-0.05, 0) is 36.1 Å². The number of benzene rings is 2. The smallest absolute Gasteiger partial charge is 0.233 e. The number of aliphatic hydroxyl groups is 1. The number of fused-ring (bicyclic) bond motifs is 1. The number of phenols is 1. The maximum absolute atomic E-state index is 10.3. The molecule has 3 rings (SSSR count). The molecule has 0 atom stereocenters. The second-order valence-electron chi connectivity index (χ2n) is 5.92. The minimum atomic E-state index is -0.0149. The Morgan fingerprint density at radius 3 is 2.61 bits per heavy atom. The van der Waals surface area contributed by atoms with Gasteiger partial charge in [0.25, 0.3) is 0 Å². The van der Waals surface area contributed by atoms with Crippen molar-refractivity contribution in [2.45, 2.75) is 20.3 Å². The number of aliphatic hydroxyl groups excluding tert-OH is 1. The Kier molecular flexibility index (Phi) is 5.96. The molecule has 1 aromatic heterocycles. The molecule has 0 bridgehead atoms. The molecule has 28 heavy (non-hydrogen) atoms. The summed E-state index contributed by atoms with van der Waals surface area (Å²) in [6.45, 7) is 3.66. The Hall–Kier alpha value is -3.32. The third kappa shape index (κ3) is 4.50. The molecule has 2 aromatic carbocycles. The quantitative estimate of drug-likeness (QED) is 0.254. The van der Waals surface area contributed by atoms with Gasteiger partial charge >= 0.3 is 0 Å². The zero-order chi connectivity index (χ0) is 20.1. The first-order valence-corrected chi connectivity index (χ1v) is 9.10. The highest BCUT2D eigenvalue weighted by molar-refractivity contribution is 6.28. The van der Waals surface area contributed by atoms with Gasteiger partial charge in [0.15, 0.2) is 0 Å². The van der Waals surface area contributed by atoms with Gasteiger partial charge < -0.3 is 20.8 Å². The molecule has 3 aromatic rings. The van der Waals surface area contributed by atoms with Crippen LogP contribution in [0.1, 0.15) is 20.3 Å². The number of hydrogen-bond acceptors (Lipinski definition) is 7. The fraction of sp³-hybridized carbons (Fsp3) is 0.150. The van der Waals surface area contributed by atoms with Gasteiger partial charge in [0, 0.05) is 17.5 Å². The summed E-state index contributed by atoms with van der Waals surface area (Å²) in [4.78, 5) is 12.4. The molecule has 7 nitrogen and oxygen atoms in total. The lowest BCUT2D eigenvalue weighted by Crippen LogP contribution is -2.07. The molecule has 4 N–H and O–H groups in total. The molecule has 144 valence electrons. The molecule has 0 aliphatic heterocycles. The van der Waals surface area contributed by atoms with Crippen LogP contribution in [0, 0.1) is 0 Å². The lowest BCUT2D eigenvalue weighted by atomic mass is 10.1. The van der Waals surface area contributed by atoms with Crippen molar-refractivity contribution in [3.8, 4) is 5.75 Å². The molecule has 0 spiro atoms. The Morgan fingerprint density at radius 2 is 1.86 bits per heavy atom. The largest absolute Gasteiger partial charge is 0.512 e. The average molecular weight is 398 g/mol. The van der Waals surface area contributed by atoms with Gasteiger partial charge in [-0.3, -0.25) is 0 Å².